The van der Waals surface area contributed by atoms with Gasteiger partial charge < -0.3 is 9.64 Å². The maximum absolute atomic E-state index is 12.5. The number of hydrogen-bond donors (Lipinski definition) is 0. The lowest BCUT2D eigenvalue weighted by atomic mass is 9.92. The van der Waals surface area contributed by atoms with Gasteiger partial charge >= 0.3 is 6.09 Å². The number of aryl methyl sites for hydroxylation is 1. The molecule has 0 aromatic carbocycles. The van der Waals surface area contributed by atoms with E-state index in [0.29, 0.717) is 19.5 Å². The number of hydrogen-bond acceptors (Lipinski definition) is 4. The molecule has 27 heavy (non-hydrogen) atoms. The number of nitrogens with zero attached hydrogens (tertiary/aromatic N) is 3. The Kier molecular flexibility index (Phi) is 4.98. The Labute approximate surface area is 161 Å². The van der Waals surface area contributed by atoms with Gasteiger partial charge in [0.2, 0.25) is 0 Å². The fraction of sp³-hybridized carbons (Fsp3) is 0.500. The van der Waals surface area contributed by atoms with E-state index in [1.807, 2.05) is 27.7 Å². The van der Waals surface area contributed by atoms with Gasteiger partial charge in [0.1, 0.15) is 11.4 Å². The Hall–Kier alpha value is -2.43. The van der Waals surface area contributed by atoms with Crippen LogP contribution in [-0.2, 0) is 17.7 Å². The van der Waals surface area contributed by atoms with Crippen LogP contribution in [0.1, 0.15) is 57.4 Å². The molecule has 0 spiro atoms. The quantitative estimate of drug-likeness (QED) is 0.727. The number of fused-ring (bicyclic) bond motifs is 1. The molecule has 1 aromatic rings. The van der Waals surface area contributed by atoms with Crippen molar-refractivity contribution >= 4 is 11.7 Å². The number of amides is 1. The van der Waals surface area contributed by atoms with Crippen LogP contribution in [0.2, 0.25) is 0 Å². The minimum Gasteiger partial charge on any atom is -0.444 e. The van der Waals surface area contributed by atoms with Crippen LogP contribution in [0.25, 0.3) is 5.57 Å². The maximum atomic E-state index is 12.5. The monoisotopic (exact) mass is 367 g/mol. The molecule has 2 aliphatic rings. The number of carbonyl (C=O) groups is 1. The van der Waals surface area contributed by atoms with Crippen LogP contribution in [0.5, 0.6) is 0 Å². The van der Waals surface area contributed by atoms with Gasteiger partial charge in [0.25, 0.3) is 0 Å². The third kappa shape index (κ3) is 4.65. The van der Waals surface area contributed by atoms with Crippen molar-refractivity contribution in [3.8, 4) is 0 Å². The van der Waals surface area contributed by atoms with Crippen LogP contribution in [0, 0.1) is 12.3 Å². The van der Waals surface area contributed by atoms with Crippen molar-refractivity contribution in [1.29, 1.82) is 0 Å². The average Bonchev–Trinajstić information content (AvgIpc) is 2.72. The molecular weight excluding hydrogens is 338 g/mol. The van der Waals surface area contributed by atoms with E-state index >= 15 is 0 Å². The van der Waals surface area contributed by atoms with Gasteiger partial charge in [0.05, 0.1) is 17.9 Å². The third-order valence-corrected chi connectivity index (χ3v) is 4.59. The summed E-state index contributed by atoms with van der Waals surface area (Å²) >= 11 is 0. The number of allylic oxidation sites excluding steroid dienone is 6. The number of ether oxygens (including phenoxy) is 1. The molecule has 0 saturated carbocycles. The van der Waals surface area contributed by atoms with Crippen molar-refractivity contribution in [3.63, 3.8) is 0 Å². The Bertz CT molecular complexity index is 842. The number of carbonyl (C=O) groups excluding carboxylic acids is 1. The van der Waals surface area contributed by atoms with E-state index < -0.39 is 5.60 Å². The lowest BCUT2D eigenvalue weighted by Gasteiger charge is -2.31. The summed E-state index contributed by atoms with van der Waals surface area (Å²) in [6, 6.07) is 0. The number of aromatic nitrogens is 2. The molecule has 0 radical (unpaired) electrons. The van der Waals surface area contributed by atoms with Gasteiger partial charge in [-0.15, -0.1) is 0 Å². The van der Waals surface area contributed by atoms with Gasteiger partial charge in [-0.1, -0.05) is 44.2 Å². The molecule has 0 atom stereocenters. The molecule has 5 nitrogen and oxygen atoms in total. The van der Waals surface area contributed by atoms with E-state index in [4.69, 9.17) is 9.72 Å². The zero-order valence-corrected chi connectivity index (χ0v) is 17.2. The molecule has 3 rings (SSSR count). The lowest BCUT2D eigenvalue weighted by Crippen LogP contribution is -2.40. The molecular formula is C22H29N3O2. The van der Waals surface area contributed by atoms with Crippen molar-refractivity contribution in [1.82, 2.24) is 14.9 Å². The standard InChI is InChI=1S/C22H29N3O2/c1-15-23-18-10-13-25(20(26)27-21(2,3)4)14-17(18)19(24-15)16-8-7-11-22(5,6)12-9-16/h7-9,11-12H,10,13-14H2,1-6H3. The van der Waals surface area contributed by atoms with Crippen LogP contribution >= 0.6 is 0 Å². The van der Waals surface area contributed by atoms with E-state index in [0.717, 1.165) is 28.3 Å². The molecule has 2 heterocycles. The third-order valence-electron chi connectivity index (χ3n) is 4.59. The van der Waals surface area contributed by atoms with Gasteiger partial charge in [0, 0.05) is 29.5 Å². The first-order valence-electron chi connectivity index (χ1n) is 9.47. The summed E-state index contributed by atoms with van der Waals surface area (Å²) in [6.45, 7) is 13.0. The summed E-state index contributed by atoms with van der Waals surface area (Å²) in [6.07, 6.45) is 11.1. The first kappa shape index (κ1) is 19.3. The zero-order valence-electron chi connectivity index (χ0n) is 17.2. The molecule has 0 unspecified atom stereocenters. The molecule has 0 saturated heterocycles. The summed E-state index contributed by atoms with van der Waals surface area (Å²) in [5, 5.41) is 0. The SMILES string of the molecule is Cc1nc2c(c(C3=CC=CC(C)(C)C=C3)n1)CN(C(=O)OC(C)(C)C)CC2. The molecule has 144 valence electrons. The van der Waals surface area contributed by atoms with Crippen LogP contribution in [-0.4, -0.2) is 33.1 Å². The molecule has 5 heteroatoms. The molecule has 0 fully saturated rings. The smallest absolute Gasteiger partial charge is 0.410 e. The fourth-order valence-electron chi connectivity index (χ4n) is 3.23. The normalized spacial score (nSPS) is 18.6. The van der Waals surface area contributed by atoms with Gasteiger partial charge in [-0.3, -0.25) is 0 Å². The predicted octanol–water partition coefficient (Wildman–Crippen LogP) is 4.61. The van der Waals surface area contributed by atoms with Crippen molar-refractivity contribution < 1.29 is 9.53 Å². The minimum atomic E-state index is -0.507. The van der Waals surface area contributed by atoms with Gasteiger partial charge in [0.15, 0.2) is 0 Å². The second-order valence-corrected chi connectivity index (χ2v) is 8.83. The van der Waals surface area contributed by atoms with Crippen molar-refractivity contribution in [3.05, 3.63) is 53.2 Å². The Balaban J connectivity index is 1.95. The summed E-state index contributed by atoms with van der Waals surface area (Å²) in [5.41, 5.74) is 3.49. The zero-order chi connectivity index (χ0) is 19.8. The van der Waals surface area contributed by atoms with Gasteiger partial charge in [-0.05, 0) is 27.7 Å². The molecule has 1 aliphatic carbocycles. The average molecular weight is 367 g/mol. The summed E-state index contributed by atoms with van der Waals surface area (Å²) < 4.78 is 5.55. The highest BCUT2D eigenvalue weighted by Crippen LogP contribution is 2.30. The molecule has 1 aromatic heterocycles. The minimum absolute atomic E-state index is 0.00291. The Morgan fingerprint density at radius 3 is 2.67 bits per heavy atom. The van der Waals surface area contributed by atoms with Crippen LogP contribution < -0.4 is 0 Å². The van der Waals surface area contributed by atoms with Crippen LogP contribution in [0.15, 0.2) is 30.4 Å². The largest absolute Gasteiger partial charge is 0.444 e. The van der Waals surface area contributed by atoms with E-state index in [-0.39, 0.29) is 11.5 Å². The number of rotatable bonds is 1. The maximum Gasteiger partial charge on any atom is 0.410 e. The molecule has 0 bridgehead atoms. The van der Waals surface area contributed by atoms with Gasteiger partial charge in [-0.25, -0.2) is 14.8 Å². The summed E-state index contributed by atoms with van der Waals surface area (Å²) in [7, 11) is 0. The van der Waals surface area contributed by atoms with Crippen LogP contribution in [0.4, 0.5) is 4.79 Å². The Morgan fingerprint density at radius 2 is 1.96 bits per heavy atom. The molecule has 0 N–H and O–H groups in total. The first-order valence-corrected chi connectivity index (χ1v) is 9.47. The van der Waals surface area contributed by atoms with E-state index in [2.05, 4.69) is 49.2 Å². The van der Waals surface area contributed by atoms with E-state index in [9.17, 15) is 4.79 Å². The summed E-state index contributed by atoms with van der Waals surface area (Å²) in [4.78, 5) is 23.6. The second-order valence-electron chi connectivity index (χ2n) is 8.83. The second kappa shape index (κ2) is 6.95. The predicted molar refractivity (Wildman–Crippen MR) is 107 cm³/mol. The highest BCUT2D eigenvalue weighted by atomic mass is 16.6. The Morgan fingerprint density at radius 1 is 1.22 bits per heavy atom. The topological polar surface area (TPSA) is 55.3 Å². The molecule has 1 aliphatic heterocycles. The lowest BCUT2D eigenvalue weighted by molar-refractivity contribution is 0.0222. The van der Waals surface area contributed by atoms with E-state index in [1.54, 1.807) is 4.90 Å². The van der Waals surface area contributed by atoms with Gasteiger partial charge in [-0.2, -0.15) is 0 Å². The van der Waals surface area contributed by atoms with Crippen molar-refractivity contribution in [2.24, 2.45) is 5.41 Å². The highest BCUT2D eigenvalue weighted by molar-refractivity contribution is 5.77. The fourth-order valence-corrected chi connectivity index (χ4v) is 3.23. The highest BCUT2D eigenvalue weighted by Gasteiger charge is 2.29. The van der Waals surface area contributed by atoms with Crippen LogP contribution in [0.3, 0.4) is 0 Å². The molecule has 1 amide bonds. The summed E-state index contributed by atoms with van der Waals surface area (Å²) in [5.74, 6) is 0.760. The van der Waals surface area contributed by atoms with E-state index in [1.165, 1.54) is 0 Å². The van der Waals surface area contributed by atoms with Crippen molar-refractivity contribution in [2.75, 3.05) is 6.54 Å². The van der Waals surface area contributed by atoms with Crippen molar-refractivity contribution in [2.45, 2.75) is 60.1 Å². The first-order chi connectivity index (χ1) is 12.5.